The summed E-state index contributed by atoms with van der Waals surface area (Å²) in [6.45, 7) is 0.561. The van der Waals surface area contributed by atoms with E-state index < -0.39 is 5.91 Å². The normalized spacial score (nSPS) is 9.92. The van der Waals surface area contributed by atoms with Crippen molar-refractivity contribution >= 4 is 5.91 Å². The van der Waals surface area contributed by atoms with Crippen molar-refractivity contribution in [1.29, 1.82) is 0 Å². The fourth-order valence-corrected chi connectivity index (χ4v) is 1.07. The zero-order valence-corrected chi connectivity index (χ0v) is 7.49. The molecule has 4 nitrogen and oxygen atoms in total. The van der Waals surface area contributed by atoms with Crippen LogP contribution in [0.25, 0.3) is 0 Å². The van der Waals surface area contributed by atoms with Crippen molar-refractivity contribution in [2.24, 2.45) is 5.73 Å². The summed E-state index contributed by atoms with van der Waals surface area (Å²) in [5, 5.41) is 0. The minimum Gasteiger partial charge on any atom is -0.384 e. The number of methoxy groups -OCH3 is 1. The first-order valence-corrected chi connectivity index (χ1v) is 3.98. The van der Waals surface area contributed by atoms with Gasteiger partial charge in [-0.15, -0.1) is 0 Å². The largest absolute Gasteiger partial charge is 0.384 e. The molecule has 2 N–H and O–H groups in total. The minimum atomic E-state index is -0.494. The van der Waals surface area contributed by atoms with E-state index in [1.54, 1.807) is 19.4 Å². The highest BCUT2D eigenvalue weighted by atomic mass is 16.5. The van der Waals surface area contributed by atoms with Gasteiger partial charge in [-0.3, -0.25) is 9.78 Å². The SMILES string of the molecule is COCCc1cccnc1C(N)=O. The highest BCUT2D eigenvalue weighted by Crippen LogP contribution is 2.05. The average Bonchev–Trinajstić information content (AvgIpc) is 2.15. The van der Waals surface area contributed by atoms with Crippen LogP contribution in [0.1, 0.15) is 16.1 Å². The van der Waals surface area contributed by atoms with Crippen molar-refractivity contribution in [3.63, 3.8) is 0 Å². The molecule has 0 bridgehead atoms. The van der Waals surface area contributed by atoms with Crippen molar-refractivity contribution in [1.82, 2.24) is 4.98 Å². The number of rotatable bonds is 4. The van der Waals surface area contributed by atoms with Gasteiger partial charge >= 0.3 is 0 Å². The molecule has 0 saturated heterocycles. The van der Waals surface area contributed by atoms with Crippen LogP contribution in [0.2, 0.25) is 0 Å². The Balaban J connectivity index is 2.84. The van der Waals surface area contributed by atoms with E-state index in [9.17, 15) is 4.79 Å². The van der Waals surface area contributed by atoms with Gasteiger partial charge in [0.05, 0.1) is 6.61 Å². The number of primary amides is 1. The molecule has 1 rings (SSSR count). The molecule has 1 amide bonds. The Morgan fingerprint density at radius 1 is 1.69 bits per heavy atom. The number of nitrogens with zero attached hydrogens (tertiary/aromatic N) is 1. The Hall–Kier alpha value is -1.42. The van der Waals surface area contributed by atoms with Crippen molar-refractivity contribution < 1.29 is 9.53 Å². The third-order valence-electron chi connectivity index (χ3n) is 1.70. The number of hydrogen-bond acceptors (Lipinski definition) is 3. The van der Waals surface area contributed by atoms with E-state index in [0.717, 1.165) is 5.56 Å². The van der Waals surface area contributed by atoms with Crippen LogP contribution in [0.15, 0.2) is 18.3 Å². The molecule has 4 heteroatoms. The maximum absolute atomic E-state index is 10.9. The lowest BCUT2D eigenvalue weighted by atomic mass is 10.1. The summed E-state index contributed by atoms with van der Waals surface area (Å²) in [4.78, 5) is 14.8. The number of amides is 1. The molecule has 0 radical (unpaired) electrons. The quantitative estimate of drug-likeness (QED) is 0.728. The van der Waals surface area contributed by atoms with Gasteiger partial charge in [0.1, 0.15) is 5.69 Å². The van der Waals surface area contributed by atoms with Gasteiger partial charge in [0.25, 0.3) is 5.91 Å². The van der Waals surface area contributed by atoms with Crippen molar-refractivity contribution in [3.8, 4) is 0 Å². The first kappa shape index (κ1) is 9.67. The molecule has 1 heterocycles. The van der Waals surface area contributed by atoms with Gasteiger partial charge in [-0.25, -0.2) is 0 Å². The Kier molecular flexibility index (Phi) is 3.40. The standard InChI is InChI=1S/C9H12N2O2/c1-13-6-4-7-3-2-5-11-8(7)9(10)12/h2-3,5H,4,6H2,1H3,(H2,10,12). The lowest BCUT2D eigenvalue weighted by molar-refractivity contribution is 0.0994. The molecule has 0 fully saturated rings. The summed E-state index contributed by atoms with van der Waals surface area (Å²) >= 11 is 0. The third-order valence-corrected chi connectivity index (χ3v) is 1.70. The maximum atomic E-state index is 10.9. The lowest BCUT2D eigenvalue weighted by Gasteiger charge is -2.03. The van der Waals surface area contributed by atoms with Crippen LogP contribution in [0, 0.1) is 0 Å². The summed E-state index contributed by atoms with van der Waals surface area (Å²) in [7, 11) is 1.61. The van der Waals surface area contributed by atoms with Crippen LogP contribution in [-0.4, -0.2) is 24.6 Å². The maximum Gasteiger partial charge on any atom is 0.267 e. The van der Waals surface area contributed by atoms with E-state index in [1.807, 2.05) is 6.07 Å². The first-order valence-electron chi connectivity index (χ1n) is 3.98. The Labute approximate surface area is 76.7 Å². The van der Waals surface area contributed by atoms with Crippen LogP contribution >= 0.6 is 0 Å². The van der Waals surface area contributed by atoms with Gasteiger partial charge in [0, 0.05) is 13.3 Å². The fourth-order valence-electron chi connectivity index (χ4n) is 1.07. The Morgan fingerprint density at radius 3 is 3.08 bits per heavy atom. The zero-order chi connectivity index (χ0) is 9.68. The van der Waals surface area contributed by atoms with Crippen molar-refractivity contribution in [3.05, 3.63) is 29.6 Å². The van der Waals surface area contributed by atoms with E-state index in [4.69, 9.17) is 10.5 Å². The predicted molar refractivity (Wildman–Crippen MR) is 48.3 cm³/mol. The molecule has 0 spiro atoms. The number of carbonyl (C=O) groups excluding carboxylic acids is 1. The van der Waals surface area contributed by atoms with Crippen LogP contribution in [0.4, 0.5) is 0 Å². The van der Waals surface area contributed by atoms with Gasteiger partial charge in [0.2, 0.25) is 0 Å². The molecule has 1 aromatic heterocycles. The summed E-state index contributed by atoms with van der Waals surface area (Å²) in [6, 6.07) is 3.60. The van der Waals surface area contributed by atoms with Gasteiger partial charge in [-0.05, 0) is 18.1 Å². The first-order chi connectivity index (χ1) is 6.25. The van der Waals surface area contributed by atoms with Crippen LogP contribution < -0.4 is 5.73 Å². The monoisotopic (exact) mass is 180 g/mol. The fraction of sp³-hybridized carbons (Fsp3) is 0.333. The third kappa shape index (κ3) is 2.52. The van der Waals surface area contributed by atoms with Crippen molar-refractivity contribution in [2.75, 3.05) is 13.7 Å². The highest BCUT2D eigenvalue weighted by molar-refractivity contribution is 5.92. The number of carbonyl (C=O) groups is 1. The van der Waals surface area contributed by atoms with Crippen molar-refractivity contribution in [2.45, 2.75) is 6.42 Å². The van der Waals surface area contributed by atoms with Crippen LogP contribution in [-0.2, 0) is 11.2 Å². The average molecular weight is 180 g/mol. The highest BCUT2D eigenvalue weighted by Gasteiger charge is 2.07. The second-order valence-corrected chi connectivity index (χ2v) is 2.62. The van der Waals surface area contributed by atoms with E-state index in [2.05, 4.69) is 4.98 Å². The number of pyridine rings is 1. The topological polar surface area (TPSA) is 65.2 Å². The predicted octanol–water partition coefficient (Wildman–Crippen LogP) is 0.369. The number of ether oxygens (including phenoxy) is 1. The van der Waals surface area contributed by atoms with E-state index in [-0.39, 0.29) is 0 Å². The zero-order valence-electron chi connectivity index (χ0n) is 7.49. The number of hydrogen-bond donors (Lipinski definition) is 1. The Morgan fingerprint density at radius 2 is 2.46 bits per heavy atom. The molecule has 0 aliphatic rings. The number of nitrogens with two attached hydrogens (primary N) is 1. The van der Waals surface area contributed by atoms with E-state index in [1.165, 1.54) is 0 Å². The molecular formula is C9H12N2O2. The molecule has 1 aromatic rings. The molecule has 0 aliphatic carbocycles. The lowest BCUT2D eigenvalue weighted by Crippen LogP contribution is -2.16. The van der Waals surface area contributed by atoms with Gasteiger partial charge in [-0.1, -0.05) is 6.07 Å². The molecule has 0 atom stereocenters. The van der Waals surface area contributed by atoms with E-state index in [0.29, 0.717) is 18.7 Å². The molecule has 0 unspecified atom stereocenters. The molecule has 13 heavy (non-hydrogen) atoms. The summed E-state index contributed by atoms with van der Waals surface area (Å²) in [6.07, 6.45) is 2.21. The molecule has 70 valence electrons. The summed E-state index contributed by atoms with van der Waals surface area (Å²) < 4.78 is 4.90. The van der Waals surface area contributed by atoms with Gasteiger partial charge in [0.15, 0.2) is 0 Å². The second-order valence-electron chi connectivity index (χ2n) is 2.62. The van der Waals surface area contributed by atoms with Gasteiger partial charge < -0.3 is 10.5 Å². The van der Waals surface area contributed by atoms with E-state index >= 15 is 0 Å². The molecule has 0 saturated carbocycles. The molecule has 0 aromatic carbocycles. The smallest absolute Gasteiger partial charge is 0.267 e. The summed E-state index contributed by atoms with van der Waals surface area (Å²) in [5.41, 5.74) is 6.31. The molecular weight excluding hydrogens is 168 g/mol. The van der Waals surface area contributed by atoms with Gasteiger partial charge in [-0.2, -0.15) is 0 Å². The molecule has 0 aliphatic heterocycles. The van der Waals surface area contributed by atoms with Crippen LogP contribution in [0.5, 0.6) is 0 Å². The minimum absolute atomic E-state index is 0.333. The second kappa shape index (κ2) is 4.57. The summed E-state index contributed by atoms with van der Waals surface area (Å²) in [5.74, 6) is -0.494. The Bertz CT molecular complexity index is 299. The van der Waals surface area contributed by atoms with Crippen LogP contribution in [0.3, 0.4) is 0 Å². The number of aromatic nitrogens is 1.